The number of nitrogens with zero attached hydrogens (tertiary/aromatic N) is 3. The number of anilines is 2. The molecule has 3 aromatic rings. The molecule has 2 aliphatic heterocycles. The van der Waals surface area contributed by atoms with Crippen molar-refractivity contribution in [2.75, 3.05) is 17.3 Å². The highest BCUT2D eigenvalue weighted by atomic mass is 32.1. The van der Waals surface area contributed by atoms with E-state index >= 15 is 0 Å². The van der Waals surface area contributed by atoms with E-state index < -0.39 is 17.2 Å². The molecule has 9 heteroatoms. The Morgan fingerprint density at radius 3 is 2.46 bits per heavy atom. The molecular weight excluding hydrogens is 464 g/mol. The highest BCUT2D eigenvalue weighted by Gasteiger charge is 2.42. The van der Waals surface area contributed by atoms with Gasteiger partial charge in [0, 0.05) is 35.3 Å². The zero-order chi connectivity index (χ0) is 25.2. The van der Waals surface area contributed by atoms with Crippen LogP contribution < -0.4 is 10.2 Å². The number of rotatable bonds is 4. The fraction of sp³-hybridized carbons (Fsp3) is 0.269. The Morgan fingerprint density at radius 2 is 1.74 bits per heavy atom. The number of imide groups is 1. The van der Waals surface area contributed by atoms with Gasteiger partial charge in [-0.05, 0) is 63.6 Å². The Hall–Kier alpha value is -3.85. The molecule has 2 aromatic carbocycles. The summed E-state index contributed by atoms with van der Waals surface area (Å²) >= 11 is 1.28. The Kier molecular flexibility index (Phi) is 5.14. The maximum atomic E-state index is 12.9. The van der Waals surface area contributed by atoms with Crippen molar-refractivity contribution in [2.24, 2.45) is 0 Å². The predicted octanol–water partition coefficient (Wildman–Crippen LogP) is 4.32. The van der Waals surface area contributed by atoms with Crippen molar-refractivity contribution >= 4 is 45.8 Å². The van der Waals surface area contributed by atoms with E-state index in [9.17, 15) is 19.2 Å². The standard InChI is InChI=1S/C26H24N4O4S/c1-13(2)30-22(32)16-8-6-15(10-17(16)23(30)33)21(31)28-25-27-19(12-35-25)14-7-9-20-18(11-14)26(3,4)24(34)29(20)5/h6-13H,1-5H3,(H,27,28,31). The summed E-state index contributed by atoms with van der Waals surface area (Å²) in [5.74, 6) is -1.11. The number of carbonyl (C=O) groups is 4. The van der Waals surface area contributed by atoms with Crippen molar-refractivity contribution in [3.05, 3.63) is 64.0 Å². The highest BCUT2D eigenvalue weighted by molar-refractivity contribution is 7.14. The minimum atomic E-state index is -0.620. The second-order valence-corrected chi connectivity index (χ2v) is 10.4. The van der Waals surface area contributed by atoms with E-state index in [4.69, 9.17) is 0 Å². The first-order chi connectivity index (χ1) is 16.5. The lowest BCUT2D eigenvalue weighted by Gasteiger charge is -2.17. The fourth-order valence-electron chi connectivity index (χ4n) is 4.64. The summed E-state index contributed by atoms with van der Waals surface area (Å²) in [7, 11) is 1.77. The maximum Gasteiger partial charge on any atom is 0.261 e. The Labute approximate surface area is 206 Å². The molecule has 2 aliphatic rings. The van der Waals surface area contributed by atoms with Crippen LogP contribution in [0.3, 0.4) is 0 Å². The third-order valence-electron chi connectivity index (χ3n) is 6.59. The van der Waals surface area contributed by atoms with Crippen LogP contribution in [0.25, 0.3) is 11.3 Å². The lowest BCUT2D eigenvalue weighted by Crippen LogP contribution is -2.35. The van der Waals surface area contributed by atoms with Gasteiger partial charge in [-0.1, -0.05) is 6.07 Å². The number of thiazole rings is 1. The van der Waals surface area contributed by atoms with Crippen molar-refractivity contribution < 1.29 is 19.2 Å². The quantitative estimate of drug-likeness (QED) is 0.552. The number of nitrogens with one attached hydrogen (secondary N) is 1. The van der Waals surface area contributed by atoms with E-state index in [0.717, 1.165) is 16.8 Å². The summed E-state index contributed by atoms with van der Waals surface area (Å²) in [5, 5.41) is 5.03. The largest absolute Gasteiger partial charge is 0.314 e. The molecule has 178 valence electrons. The molecule has 3 heterocycles. The summed E-state index contributed by atoms with van der Waals surface area (Å²) in [4.78, 5) is 58.0. The van der Waals surface area contributed by atoms with Crippen LogP contribution in [0.2, 0.25) is 0 Å². The first-order valence-electron chi connectivity index (χ1n) is 11.2. The number of aromatic nitrogens is 1. The minimum Gasteiger partial charge on any atom is -0.314 e. The lowest BCUT2D eigenvalue weighted by molar-refractivity contribution is -0.121. The normalized spacial score (nSPS) is 16.2. The molecule has 8 nitrogen and oxygen atoms in total. The summed E-state index contributed by atoms with van der Waals surface area (Å²) in [6.07, 6.45) is 0. The molecule has 0 radical (unpaired) electrons. The van der Waals surface area contributed by atoms with Gasteiger partial charge >= 0.3 is 0 Å². The molecule has 4 amide bonds. The first-order valence-corrected chi connectivity index (χ1v) is 12.1. The Balaban J connectivity index is 1.37. The minimum absolute atomic E-state index is 0.0434. The number of likely N-dealkylation sites (N-methyl/N-ethyl adjacent to an activating group) is 1. The third kappa shape index (κ3) is 3.46. The van der Waals surface area contributed by atoms with Crippen molar-refractivity contribution in [1.29, 1.82) is 0 Å². The smallest absolute Gasteiger partial charge is 0.261 e. The number of hydrogen-bond acceptors (Lipinski definition) is 6. The second kappa shape index (κ2) is 7.84. The molecule has 0 aliphatic carbocycles. The zero-order valence-electron chi connectivity index (χ0n) is 20.0. The molecule has 35 heavy (non-hydrogen) atoms. The third-order valence-corrected chi connectivity index (χ3v) is 7.35. The van der Waals surface area contributed by atoms with Crippen molar-refractivity contribution in [2.45, 2.75) is 39.2 Å². The van der Waals surface area contributed by atoms with Crippen LogP contribution in [0.4, 0.5) is 10.8 Å². The number of amides is 4. The molecule has 0 unspecified atom stereocenters. The molecule has 0 saturated carbocycles. The van der Waals surface area contributed by atoms with E-state index in [0.29, 0.717) is 16.4 Å². The monoisotopic (exact) mass is 488 g/mol. The lowest BCUT2D eigenvalue weighted by atomic mass is 9.85. The average molecular weight is 489 g/mol. The van der Waals surface area contributed by atoms with E-state index in [-0.39, 0.29) is 29.0 Å². The van der Waals surface area contributed by atoms with Crippen LogP contribution in [0.1, 0.15) is 64.3 Å². The number of carbonyl (C=O) groups excluding carboxylic acids is 4. The number of hydrogen-bond donors (Lipinski definition) is 1. The van der Waals surface area contributed by atoms with Gasteiger partial charge in [0.15, 0.2) is 5.13 Å². The molecule has 0 atom stereocenters. The van der Waals surface area contributed by atoms with Gasteiger partial charge in [-0.2, -0.15) is 0 Å². The van der Waals surface area contributed by atoms with Gasteiger partial charge in [-0.15, -0.1) is 11.3 Å². The molecule has 1 N–H and O–H groups in total. The molecule has 0 bridgehead atoms. The molecule has 5 rings (SSSR count). The van der Waals surface area contributed by atoms with E-state index in [1.165, 1.54) is 34.4 Å². The van der Waals surface area contributed by atoms with E-state index in [1.807, 2.05) is 37.4 Å². The van der Waals surface area contributed by atoms with Gasteiger partial charge in [-0.25, -0.2) is 4.98 Å². The van der Waals surface area contributed by atoms with Gasteiger partial charge in [-0.3, -0.25) is 29.4 Å². The van der Waals surface area contributed by atoms with E-state index in [1.54, 1.807) is 25.8 Å². The molecular formula is C26H24N4O4S. The summed E-state index contributed by atoms with van der Waals surface area (Å²) < 4.78 is 0. The van der Waals surface area contributed by atoms with Gasteiger partial charge in [0.2, 0.25) is 5.91 Å². The topological polar surface area (TPSA) is 99.7 Å². The van der Waals surface area contributed by atoms with Crippen LogP contribution in [-0.2, 0) is 10.2 Å². The Morgan fingerprint density at radius 1 is 1.03 bits per heavy atom. The highest BCUT2D eigenvalue weighted by Crippen LogP contribution is 2.42. The SMILES string of the molecule is CC(C)N1C(=O)c2ccc(C(=O)Nc3nc(-c4ccc5c(c4)C(C)(C)C(=O)N5C)cs3)cc2C1=O. The predicted molar refractivity (Wildman–Crippen MR) is 134 cm³/mol. The van der Waals surface area contributed by atoms with Crippen molar-refractivity contribution in [3.63, 3.8) is 0 Å². The van der Waals surface area contributed by atoms with Crippen LogP contribution in [0.5, 0.6) is 0 Å². The van der Waals surface area contributed by atoms with Gasteiger partial charge in [0.25, 0.3) is 17.7 Å². The summed E-state index contributed by atoms with van der Waals surface area (Å²) in [5.41, 5.74) is 3.55. The first kappa shape index (κ1) is 22.9. The van der Waals surface area contributed by atoms with Crippen molar-refractivity contribution in [3.8, 4) is 11.3 Å². The van der Waals surface area contributed by atoms with Crippen LogP contribution in [0, 0.1) is 0 Å². The number of benzene rings is 2. The van der Waals surface area contributed by atoms with Crippen LogP contribution in [0.15, 0.2) is 41.8 Å². The number of fused-ring (bicyclic) bond motifs is 2. The van der Waals surface area contributed by atoms with Gasteiger partial charge < -0.3 is 4.90 Å². The summed E-state index contributed by atoms with van der Waals surface area (Å²) in [6.45, 7) is 7.35. The van der Waals surface area contributed by atoms with Crippen LogP contribution in [-0.4, -0.2) is 46.6 Å². The van der Waals surface area contributed by atoms with Gasteiger partial charge in [0.1, 0.15) is 0 Å². The Bertz CT molecular complexity index is 1440. The van der Waals surface area contributed by atoms with Gasteiger partial charge in [0.05, 0.1) is 22.2 Å². The maximum absolute atomic E-state index is 12.9. The van der Waals surface area contributed by atoms with E-state index in [2.05, 4.69) is 10.3 Å². The second-order valence-electron chi connectivity index (χ2n) is 9.55. The van der Waals surface area contributed by atoms with Crippen LogP contribution >= 0.6 is 11.3 Å². The molecule has 0 fully saturated rings. The zero-order valence-corrected chi connectivity index (χ0v) is 20.8. The van der Waals surface area contributed by atoms with Crippen molar-refractivity contribution in [1.82, 2.24) is 9.88 Å². The summed E-state index contributed by atoms with van der Waals surface area (Å²) in [6, 6.07) is 10.0. The molecule has 0 spiro atoms. The average Bonchev–Trinajstić information content (AvgIpc) is 3.43. The molecule has 1 aromatic heterocycles. The molecule has 0 saturated heterocycles. The fourth-order valence-corrected chi connectivity index (χ4v) is 5.35.